The van der Waals surface area contributed by atoms with Gasteiger partial charge in [-0.1, -0.05) is 13.3 Å². The van der Waals surface area contributed by atoms with Crippen molar-refractivity contribution in [3.8, 4) is 0 Å². The normalized spacial score (nSPS) is 19.2. The number of carbonyl (C=O) groups excluding carboxylic acids is 1. The van der Waals surface area contributed by atoms with E-state index in [1.54, 1.807) is 17.9 Å². The van der Waals surface area contributed by atoms with Crippen LogP contribution < -0.4 is 5.32 Å². The van der Waals surface area contributed by atoms with E-state index in [0.29, 0.717) is 30.3 Å². The standard InChI is InChI=1S/C16H26N4O3S/c1-4-6-8-17-15-10-14(18-12(3)19-15)16(21)20(5-2)13-7-9-24(22,23)11-13/h10,13H,4-9,11H2,1-3H3,(H,17,18,19). The molecule has 1 unspecified atom stereocenters. The lowest BCUT2D eigenvalue weighted by Crippen LogP contribution is -2.41. The topological polar surface area (TPSA) is 92.3 Å². The predicted molar refractivity (Wildman–Crippen MR) is 93.9 cm³/mol. The molecule has 2 heterocycles. The fraction of sp³-hybridized carbons (Fsp3) is 0.688. The number of amides is 1. The first-order chi connectivity index (χ1) is 11.4. The van der Waals surface area contributed by atoms with Crippen molar-refractivity contribution in [3.05, 3.63) is 17.6 Å². The van der Waals surface area contributed by atoms with E-state index in [0.717, 1.165) is 19.4 Å². The number of aromatic nitrogens is 2. The highest BCUT2D eigenvalue weighted by molar-refractivity contribution is 7.91. The van der Waals surface area contributed by atoms with Gasteiger partial charge in [0.2, 0.25) is 0 Å². The molecule has 1 aromatic heterocycles. The van der Waals surface area contributed by atoms with Crippen LogP contribution in [0.1, 0.15) is 49.4 Å². The van der Waals surface area contributed by atoms with Gasteiger partial charge in [0.1, 0.15) is 17.3 Å². The van der Waals surface area contributed by atoms with Crippen molar-refractivity contribution < 1.29 is 13.2 Å². The van der Waals surface area contributed by atoms with Crippen LogP contribution in [-0.4, -0.2) is 59.8 Å². The van der Waals surface area contributed by atoms with E-state index in [2.05, 4.69) is 22.2 Å². The van der Waals surface area contributed by atoms with Crippen molar-refractivity contribution in [3.63, 3.8) is 0 Å². The van der Waals surface area contributed by atoms with E-state index in [4.69, 9.17) is 0 Å². The highest BCUT2D eigenvalue weighted by Crippen LogP contribution is 2.20. The Bertz CT molecular complexity index is 691. The summed E-state index contributed by atoms with van der Waals surface area (Å²) in [5.74, 6) is 1.11. The summed E-state index contributed by atoms with van der Waals surface area (Å²) in [5, 5.41) is 3.20. The Labute approximate surface area is 143 Å². The first kappa shape index (κ1) is 18.6. The van der Waals surface area contributed by atoms with Crippen molar-refractivity contribution in [1.29, 1.82) is 0 Å². The number of sulfone groups is 1. The maximum absolute atomic E-state index is 12.8. The molecule has 7 nitrogen and oxygen atoms in total. The zero-order valence-electron chi connectivity index (χ0n) is 14.6. The second-order valence-electron chi connectivity index (χ2n) is 6.11. The molecule has 1 fully saturated rings. The minimum absolute atomic E-state index is 0.0399. The number of hydrogen-bond acceptors (Lipinski definition) is 6. The third kappa shape index (κ3) is 4.66. The molecule has 24 heavy (non-hydrogen) atoms. The molecule has 1 aliphatic rings. The van der Waals surface area contributed by atoms with Crippen LogP contribution in [0.5, 0.6) is 0 Å². The number of unbranched alkanes of at least 4 members (excludes halogenated alkanes) is 1. The monoisotopic (exact) mass is 354 g/mol. The van der Waals surface area contributed by atoms with Gasteiger partial charge in [-0.3, -0.25) is 4.79 Å². The molecule has 0 aliphatic carbocycles. The van der Waals surface area contributed by atoms with Crippen LogP contribution in [0.2, 0.25) is 0 Å². The van der Waals surface area contributed by atoms with Crippen LogP contribution in [0.3, 0.4) is 0 Å². The van der Waals surface area contributed by atoms with Crippen LogP contribution in [0, 0.1) is 6.92 Å². The van der Waals surface area contributed by atoms with Gasteiger partial charge in [0.15, 0.2) is 9.84 Å². The van der Waals surface area contributed by atoms with Crippen molar-refractivity contribution in [1.82, 2.24) is 14.9 Å². The number of aryl methyl sites for hydroxylation is 1. The van der Waals surface area contributed by atoms with Gasteiger partial charge in [-0.25, -0.2) is 18.4 Å². The summed E-state index contributed by atoms with van der Waals surface area (Å²) in [7, 11) is -3.04. The number of nitrogens with one attached hydrogen (secondary N) is 1. The van der Waals surface area contributed by atoms with Gasteiger partial charge < -0.3 is 10.2 Å². The molecule has 2 rings (SSSR count). The fourth-order valence-corrected chi connectivity index (χ4v) is 4.63. The van der Waals surface area contributed by atoms with E-state index in [9.17, 15) is 13.2 Å². The molecule has 1 saturated heterocycles. The molecule has 0 saturated carbocycles. The van der Waals surface area contributed by atoms with E-state index < -0.39 is 9.84 Å². The van der Waals surface area contributed by atoms with Crippen LogP contribution in [0.25, 0.3) is 0 Å². The quantitative estimate of drug-likeness (QED) is 0.749. The number of rotatable bonds is 7. The molecular weight excluding hydrogens is 328 g/mol. The van der Waals surface area contributed by atoms with Crippen LogP contribution in [0.15, 0.2) is 6.07 Å². The number of hydrogen-bond donors (Lipinski definition) is 1. The third-order valence-electron chi connectivity index (χ3n) is 4.14. The molecule has 1 amide bonds. The molecule has 0 bridgehead atoms. The average molecular weight is 354 g/mol. The molecular formula is C16H26N4O3S. The van der Waals surface area contributed by atoms with Crippen molar-refractivity contribution >= 4 is 21.6 Å². The van der Waals surface area contributed by atoms with E-state index in [-0.39, 0.29) is 23.5 Å². The first-order valence-electron chi connectivity index (χ1n) is 8.47. The van der Waals surface area contributed by atoms with Gasteiger partial charge in [-0.05, 0) is 26.7 Å². The Morgan fingerprint density at radius 3 is 2.71 bits per heavy atom. The molecule has 1 N–H and O–H groups in total. The lowest BCUT2D eigenvalue weighted by Gasteiger charge is -2.26. The Balaban J connectivity index is 2.17. The minimum atomic E-state index is -3.04. The van der Waals surface area contributed by atoms with Gasteiger partial charge in [0.25, 0.3) is 5.91 Å². The number of nitrogens with zero attached hydrogens (tertiary/aromatic N) is 3. The summed E-state index contributed by atoms with van der Waals surface area (Å²) in [6.45, 7) is 6.96. The summed E-state index contributed by atoms with van der Waals surface area (Å²) in [6.07, 6.45) is 2.59. The molecule has 134 valence electrons. The lowest BCUT2D eigenvalue weighted by molar-refractivity contribution is 0.0702. The zero-order valence-corrected chi connectivity index (χ0v) is 15.4. The minimum Gasteiger partial charge on any atom is -0.370 e. The molecule has 0 aromatic carbocycles. The van der Waals surface area contributed by atoms with Crippen LogP contribution in [-0.2, 0) is 9.84 Å². The molecule has 8 heteroatoms. The van der Waals surface area contributed by atoms with E-state index in [1.807, 2.05) is 6.92 Å². The number of anilines is 1. The summed E-state index contributed by atoms with van der Waals surface area (Å²) in [6, 6.07) is 1.39. The smallest absolute Gasteiger partial charge is 0.272 e. The van der Waals surface area contributed by atoms with Crippen molar-refractivity contribution in [2.45, 2.75) is 46.1 Å². The molecule has 0 spiro atoms. The van der Waals surface area contributed by atoms with E-state index in [1.165, 1.54) is 0 Å². The molecule has 0 radical (unpaired) electrons. The third-order valence-corrected chi connectivity index (χ3v) is 5.89. The lowest BCUT2D eigenvalue weighted by atomic mass is 10.2. The highest BCUT2D eigenvalue weighted by Gasteiger charge is 2.34. The summed E-state index contributed by atoms with van der Waals surface area (Å²) < 4.78 is 23.4. The fourth-order valence-electron chi connectivity index (χ4n) is 2.90. The van der Waals surface area contributed by atoms with Crippen molar-refractivity contribution in [2.24, 2.45) is 0 Å². The summed E-state index contributed by atoms with van der Waals surface area (Å²) in [5.41, 5.74) is 0.313. The van der Waals surface area contributed by atoms with Gasteiger partial charge >= 0.3 is 0 Å². The van der Waals surface area contributed by atoms with Gasteiger partial charge in [-0.2, -0.15) is 0 Å². The number of carbonyl (C=O) groups is 1. The SMILES string of the molecule is CCCCNc1cc(C(=O)N(CC)C2CCS(=O)(=O)C2)nc(C)n1. The van der Waals surface area contributed by atoms with Crippen LogP contribution >= 0.6 is 0 Å². The maximum Gasteiger partial charge on any atom is 0.272 e. The van der Waals surface area contributed by atoms with Gasteiger partial charge in [0.05, 0.1) is 11.5 Å². The Hall–Kier alpha value is -1.70. The van der Waals surface area contributed by atoms with Crippen LogP contribution in [0.4, 0.5) is 5.82 Å². The molecule has 1 atom stereocenters. The predicted octanol–water partition coefficient (Wildman–Crippen LogP) is 1.65. The van der Waals surface area contributed by atoms with Gasteiger partial charge in [0, 0.05) is 25.2 Å². The Morgan fingerprint density at radius 2 is 2.12 bits per heavy atom. The Kier molecular flexibility index (Phi) is 6.15. The molecule has 1 aliphatic heterocycles. The van der Waals surface area contributed by atoms with Crippen molar-refractivity contribution in [2.75, 3.05) is 29.9 Å². The maximum atomic E-state index is 12.8. The molecule has 1 aromatic rings. The van der Waals surface area contributed by atoms with Gasteiger partial charge in [-0.15, -0.1) is 0 Å². The Morgan fingerprint density at radius 1 is 1.38 bits per heavy atom. The first-order valence-corrected chi connectivity index (χ1v) is 10.3. The average Bonchev–Trinajstić information content (AvgIpc) is 2.87. The zero-order chi connectivity index (χ0) is 17.7. The second-order valence-corrected chi connectivity index (χ2v) is 8.34. The summed E-state index contributed by atoms with van der Waals surface area (Å²) >= 11 is 0. The highest BCUT2D eigenvalue weighted by atomic mass is 32.2. The largest absolute Gasteiger partial charge is 0.370 e. The summed E-state index contributed by atoms with van der Waals surface area (Å²) in [4.78, 5) is 23.0. The second kappa shape index (κ2) is 7.92. The van der Waals surface area contributed by atoms with E-state index >= 15 is 0 Å².